The second-order valence-electron chi connectivity index (χ2n) is 5.55. The molecule has 1 fully saturated rings. The van der Waals surface area contributed by atoms with Gasteiger partial charge in [0.2, 0.25) is 11.8 Å². The second-order valence-corrected chi connectivity index (χ2v) is 5.55. The van der Waals surface area contributed by atoms with Gasteiger partial charge in [0.05, 0.1) is 5.92 Å². The molecule has 1 saturated heterocycles. The summed E-state index contributed by atoms with van der Waals surface area (Å²) in [5.41, 5.74) is 6.66. The van der Waals surface area contributed by atoms with Crippen LogP contribution in [0, 0.1) is 0 Å². The van der Waals surface area contributed by atoms with E-state index in [1.54, 1.807) is 0 Å². The molecule has 2 rings (SSSR count). The predicted octanol–water partition coefficient (Wildman–Crippen LogP) is 1.28. The van der Waals surface area contributed by atoms with Gasteiger partial charge in [-0.05, 0) is 18.9 Å². The topological polar surface area (TPSA) is 75.4 Å². The average molecular weight is 326 g/mol. The van der Waals surface area contributed by atoms with Gasteiger partial charge in [-0.1, -0.05) is 30.3 Å². The standard InChI is InChI=1S/C16H23N3O2.ClH/c1-12(11-19-9-5-8-15(19)20)18-16(21)14(10-17)13-6-3-2-4-7-13;/h2-4,6-7,12,14H,5,8-11,17H2,1H3,(H,18,21);1H. The first-order valence-corrected chi connectivity index (χ1v) is 7.45. The molecule has 2 unspecified atom stereocenters. The summed E-state index contributed by atoms with van der Waals surface area (Å²) < 4.78 is 0. The van der Waals surface area contributed by atoms with Crippen molar-refractivity contribution in [2.24, 2.45) is 5.73 Å². The number of rotatable bonds is 6. The SMILES string of the molecule is CC(CN1CCCC1=O)NC(=O)C(CN)c1ccccc1.Cl. The first-order chi connectivity index (χ1) is 10.1. The number of nitrogens with zero attached hydrogens (tertiary/aromatic N) is 1. The van der Waals surface area contributed by atoms with E-state index in [-0.39, 0.29) is 42.7 Å². The van der Waals surface area contributed by atoms with Crippen molar-refractivity contribution in [3.63, 3.8) is 0 Å². The molecule has 2 atom stereocenters. The zero-order valence-electron chi connectivity index (χ0n) is 12.8. The van der Waals surface area contributed by atoms with E-state index in [0.717, 1.165) is 18.5 Å². The maximum Gasteiger partial charge on any atom is 0.229 e. The van der Waals surface area contributed by atoms with Crippen LogP contribution in [0.4, 0.5) is 0 Å². The second kappa shape index (κ2) is 8.76. The summed E-state index contributed by atoms with van der Waals surface area (Å²) in [7, 11) is 0. The number of halogens is 1. The average Bonchev–Trinajstić information content (AvgIpc) is 2.86. The highest BCUT2D eigenvalue weighted by Gasteiger charge is 2.24. The van der Waals surface area contributed by atoms with Crippen LogP contribution in [0.1, 0.15) is 31.2 Å². The van der Waals surface area contributed by atoms with E-state index >= 15 is 0 Å². The molecule has 3 N–H and O–H groups in total. The molecule has 1 aromatic carbocycles. The molecule has 0 saturated carbocycles. The van der Waals surface area contributed by atoms with Crippen LogP contribution in [0.2, 0.25) is 0 Å². The minimum Gasteiger partial charge on any atom is -0.351 e. The number of amides is 2. The lowest BCUT2D eigenvalue weighted by molar-refractivity contribution is -0.129. The molecule has 0 bridgehead atoms. The van der Waals surface area contributed by atoms with Gasteiger partial charge in [0.25, 0.3) is 0 Å². The maximum atomic E-state index is 12.3. The lowest BCUT2D eigenvalue weighted by Gasteiger charge is -2.24. The Hall–Kier alpha value is -1.59. The summed E-state index contributed by atoms with van der Waals surface area (Å²) >= 11 is 0. The number of likely N-dealkylation sites (tertiary alicyclic amines) is 1. The van der Waals surface area contributed by atoms with Crippen LogP contribution in [0.25, 0.3) is 0 Å². The van der Waals surface area contributed by atoms with E-state index < -0.39 is 0 Å². The van der Waals surface area contributed by atoms with Crippen LogP contribution < -0.4 is 11.1 Å². The fraction of sp³-hybridized carbons (Fsp3) is 0.500. The molecule has 2 amide bonds. The van der Waals surface area contributed by atoms with Crippen LogP contribution in [-0.2, 0) is 9.59 Å². The number of carbonyl (C=O) groups excluding carboxylic acids is 2. The van der Waals surface area contributed by atoms with Crippen molar-refractivity contribution in [1.29, 1.82) is 0 Å². The quantitative estimate of drug-likeness (QED) is 0.827. The van der Waals surface area contributed by atoms with E-state index in [9.17, 15) is 9.59 Å². The molecule has 1 aliphatic rings. The van der Waals surface area contributed by atoms with Gasteiger partial charge in [0, 0.05) is 32.1 Å². The number of hydrogen-bond donors (Lipinski definition) is 2. The Bertz CT molecular complexity index is 495. The van der Waals surface area contributed by atoms with Crippen molar-refractivity contribution < 1.29 is 9.59 Å². The third-order valence-corrected chi connectivity index (χ3v) is 3.81. The van der Waals surface area contributed by atoms with Crippen LogP contribution in [0.5, 0.6) is 0 Å². The van der Waals surface area contributed by atoms with Crippen LogP contribution in [-0.4, -0.2) is 42.4 Å². The van der Waals surface area contributed by atoms with Crippen molar-refractivity contribution in [1.82, 2.24) is 10.2 Å². The third kappa shape index (κ3) is 4.71. The molecule has 1 heterocycles. The zero-order valence-corrected chi connectivity index (χ0v) is 13.6. The predicted molar refractivity (Wildman–Crippen MR) is 88.9 cm³/mol. The van der Waals surface area contributed by atoms with Gasteiger partial charge in [-0.15, -0.1) is 12.4 Å². The smallest absolute Gasteiger partial charge is 0.229 e. The molecule has 22 heavy (non-hydrogen) atoms. The van der Waals surface area contributed by atoms with Crippen LogP contribution in [0.15, 0.2) is 30.3 Å². The van der Waals surface area contributed by atoms with E-state index in [1.807, 2.05) is 42.2 Å². The summed E-state index contributed by atoms with van der Waals surface area (Å²) in [5.74, 6) is -0.250. The van der Waals surface area contributed by atoms with Crippen molar-refractivity contribution in [3.05, 3.63) is 35.9 Å². The maximum absolute atomic E-state index is 12.3. The molecule has 0 aromatic heterocycles. The number of benzene rings is 1. The van der Waals surface area contributed by atoms with Crippen LogP contribution in [0.3, 0.4) is 0 Å². The Kier molecular flexibility index (Phi) is 7.35. The number of hydrogen-bond acceptors (Lipinski definition) is 3. The fourth-order valence-electron chi connectivity index (χ4n) is 2.70. The lowest BCUT2D eigenvalue weighted by Crippen LogP contribution is -2.45. The summed E-state index contributed by atoms with van der Waals surface area (Å²) in [4.78, 5) is 25.8. The Morgan fingerprint density at radius 1 is 1.36 bits per heavy atom. The Morgan fingerprint density at radius 2 is 2.05 bits per heavy atom. The van der Waals surface area contributed by atoms with Gasteiger partial charge in [-0.2, -0.15) is 0 Å². The minimum atomic E-state index is -0.345. The highest BCUT2D eigenvalue weighted by Crippen LogP contribution is 2.15. The largest absolute Gasteiger partial charge is 0.351 e. The highest BCUT2D eigenvalue weighted by molar-refractivity contribution is 5.85. The van der Waals surface area contributed by atoms with E-state index in [0.29, 0.717) is 13.0 Å². The Balaban J connectivity index is 0.00000242. The van der Waals surface area contributed by atoms with Crippen molar-refractivity contribution in [3.8, 4) is 0 Å². The van der Waals surface area contributed by atoms with Gasteiger partial charge in [0.1, 0.15) is 0 Å². The van der Waals surface area contributed by atoms with Gasteiger partial charge >= 0.3 is 0 Å². The monoisotopic (exact) mass is 325 g/mol. The summed E-state index contributed by atoms with van der Waals surface area (Å²) in [6, 6.07) is 9.46. The number of nitrogens with one attached hydrogen (secondary N) is 1. The molecule has 0 radical (unpaired) electrons. The Morgan fingerprint density at radius 3 is 2.59 bits per heavy atom. The molecule has 1 aliphatic heterocycles. The van der Waals surface area contributed by atoms with E-state index in [4.69, 9.17) is 5.73 Å². The summed E-state index contributed by atoms with van der Waals surface area (Å²) in [6.07, 6.45) is 1.53. The first-order valence-electron chi connectivity index (χ1n) is 7.45. The molecule has 122 valence electrons. The molecule has 0 spiro atoms. The molecular formula is C16H24ClN3O2. The first kappa shape index (κ1) is 18.5. The molecule has 0 aliphatic carbocycles. The third-order valence-electron chi connectivity index (χ3n) is 3.81. The highest BCUT2D eigenvalue weighted by atomic mass is 35.5. The van der Waals surface area contributed by atoms with Crippen molar-refractivity contribution in [2.75, 3.05) is 19.6 Å². The molecule has 5 nitrogen and oxygen atoms in total. The lowest BCUT2D eigenvalue weighted by atomic mass is 9.98. The molecule has 6 heteroatoms. The van der Waals surface area contributed by atoms with E-state index in [1.165, 1.54) is 0 Å². The van der Waals surface area contributed by atoms with Gasteiger partial charge < -0.3 is 16.0 Å². The van der Waals surface area contributed by atoms with Crippen molar-refractivity contribution >= 4 is 24.2 Å². The van der Waals surface area contributed by atoms with E-state index in [2.05, 4.69) is 5.32 Å². The van der Waals surface area contributed by atoms with Gasteiger partial charge in [-0.25, -0.2) is 0 Å². The normalized spacial score (nSPS) is 16.8. The minimum absolute atomic E-state index is 0. The van der Waals surface area contributed by atoms with Crippen LogP contribution >= 0.6 is 12.4 Å². The zero-order chi connectivity index (χ0) is 15.2. The van der Waals surface area contributed by atoms with Crippen molar-refractivity contribution in [2.45, 2.75) is 31.7 Å². The Labute approximate surface area is 137 Å². The van der Waals surface area contributed by atoms with Gasteiger partial charge in [-0.3, -0.25) is 9.59 Å². The molecular weight excluding hydrogens is 302 g/mol. The fourth-order valence-corrected chi connectivity index (χ4v) is 2.70. The molecule has 1 aromatic rings. The summed E-state index contributed by atoms with van der Waals surface area (Å²) in [6.45, 7) is 3.54. The number of carbonyl (C=O) groups is 2. The number of nitrogens with two attached hydrogens (primary N) is 1. The van der Waals surface area contributed by atoms with Gasteiger partial charge in [0.15, 0.2) is 0 Å². The summed E-state index contributed by atoms with van der Waals surface area (Å²) in [5, 5.41) is 2.96.